The number of benzene rings is 2. The molecule has 2 aromatic carbocycles. The van der Waals surface area contributed by atoms with Crippen LogP contribution in [-0.4, -0.2) is 37.2 Å². The first-order valence-electron chi connectivity index (χ1n) is 8.51. The fraction of sp³-hybridized carbons (Fsp3) is 0.150. The normalized spacial score (nSPS) is 10.2. The summed E-state index contributed by atoms with van der Waals surface area (Å²) in [6.45, 7) is 0. The first-order chi connectivity index (χ1) is 14.0. The van der Waals surface area contributed by atoms with Gasteiger partial charge in [-0.2, -0.15) is 0 Å². The Bertz CT molecular complexity index is 1000. The van der Waals surface area contributed by atoms with E-state index in [4.69, 9.17) is 14.2 Å². The van der Waals surface area contributed by atoms with Crippen LogP contribution in [0.4, 0.5) is 21.7 Å². The number of hydrogen-bond acceptors (Lipinski definition) is 7. The van der Waals surface area contributed by atoms with Crippen LogP contribution < -0.4 is 24.8 Å². The van der Waals surface area contributed by atoms with E-state index in [0.29, 0.717) is 28.6 Å². The third kappa shape index (κ3) is 4.70. The molecule has 0 radical (unpaired) electrons. The van der Waals surface area contributed by atoms with Gasteiger partial charge in [-0.1, -0.05) is 6.07 Å². The van der Waals surface area contributed by atoms with Crippen molar-refractivity contribution in [2.45, 2.75) is 0 Å². The molecule has 2 N–H and O–H groups in total. The number of carbonyl (C=O) groups excluding carboxylic acids is 1. The van der Waals surface area contributed by atoms with Gasteiger partial charge in [-0.15, -0.1) is 0 Å². The van der Waals surface area contributed by atoms with Crippen LogP contribution in [0.2, 0.25) is 0 Å². The van der Waals surface area contributed by atoms with Crippen molar-refractivity contribution >= 4 is 23.2 Å². The van der Waals surface area contributed by atoms with Crippen LogP contribution in [0.25, 0.3) is 0 Å². The fourth-order valence-electron chi connectivity index (χ4n) is 2.59. The van der Waals surface area contributed by atoms with Gasteiger partial charge in [-0.25, -0.2) is 14.4 Å². The predicted octanol–water partition coefficient (Wildman–Crippen LogP) is 3.64. The van der Waals surface area contributed by atoms with Crippen LogP contribution >= 0.6 is 0 Å². The number of methoxy groups -OCH3 is 3. The summed E-state index contributed by atoms with van der Waals surface area (Å²) in [6.07, 6.45) is 1.44. The molecule has 1 heterocycles. The number of amides is 1. The zero-order chi connectivity index (χ0) is 20.8. The summed E-state index contributed by atoms with van der Waals surface area (Å²) < 4.78 is 29.2. The van der Waals surface area contributed by atoms with Gasteiger partial charge in [0.15, 0.2) is 11.5 Å². The molecule has 1 aromatic heterocycles. The van der Waals surface area contributed by atoms with Crippen LogP contribution in [-0.2, 0) is 0 Å². The highest BCUT2D eigenvalue weighted by Gasteiger charge is 2.15. The summed E-state index contributed by atoms with van der Waals surface area (Å²) in [5, 5.41) is 5.58. The van der Waals surface area contributed by atoms with Crippen molar-refractivity contribution in [3.05, 3.63) is 60.2 Å². The molecule has 0 spiro atoms. The van der Waals surface area contributed by atoms with Crippen molar-refractivity contribution < 1.29 is 23.4 Å². The molecule has 0 atom stereocenters. The standard InChI is InChI=1S/C20H19FN4O4/c1-27-16-10-14(11-17(28-2)18(16)29-3)24-20-22-8-7-15(25-20)19(26)23-13-6-4-5-12(21)9-13/h4-11H,1-3H3,(H,23,26)(H,22,24,25). The molecule has 3 rings (SSSR count). The quantitative estimate of drug-likeness (QED) is 0.627. The zero-order valence-electron chi connectivity index (χ0n) is 16.0. The number of aromatic nitrogens is 2. The summed E-state index contributed by atoms with van der Waals surface area (Å²) in [7, 11) is 4.53. The summed E-state index contributed by atoms with van der Waals surface area (Å²) in [4.78, 5) is 20.7. The Kier molecular flexibility index (Phi) is 6.08. The number of hydrogen-bond donors (Lipinski definition) is 2. The maximum atomic E-state index is 13.3. The number of nitrogens with one attached hydrogen (secondary N) is 2. The van der Waals surface area contributed by atoms with E-state index in [-0.39, 0.29) is 11.6 Å². The molecule has 1 amide bonds. The number of rotatable bonds is 7. The minimum Gasteiger partial charge on any atom is -0.493 e. The second-order valence-electron chi connectivity index (χ2n) is 5.77. The Morgan fingerprint density at radius 1 is 0.966 bits per heavy atom. The van der Waals surface area contributed by atoms with Gasteiger partial charge in [0, 0.05) is 29.7 Å². The zero-order valence-corrected chi connectivity index (χ0v) is 16.0. The van der Waals surface area contributed by atoms with Gasteiger partial charge in [-0.05, 0) is 24.3 Å². The third-order valence-electron chi connectivity index (χ3n) is 3.89. The Balaban J connectivity index is 1.82. The van der Waals surface area contributed by atoms with Crippen molar-refractivity contribution in [3.63, 3.8) is 0 Å². The second-order valence-corrected chi connectivity index (χ2v) is 5.77. The largest absolute Gasteiger partial charge is 0.493 e. The molecule has 0 saturated heterocycles. The van der Waals surface area contributed by atoms with Crippen molar-refractivity contribution in [2.75, 3.05) is 32.0 Å². The SMILES string of the molecule is COc1cc(Nc2nccc(C(=O)Nc3cccc(F)c3)n2)cc(OC)c1OC. The topological polar surface area (TPSA) is 94.6 Å². The van der Waals surface area contributed by atoms with E-state index in [9.17, 15) is 9.18 Å². The Morgan fingerprint density at radius 3 is 2.31 bits per heavy atom. The van der Waals surface area contributed by atoms with Crippen LogP contribution in [0.3, 0.4) is 0 Å². The van der Waals surface area contributed by atoms with Crippen LogP contribution in [0.1, 0.15) is 10.5 Å². The minimum atomic E-state index is -0.494. The molecule has 0 fully saturated rings. The number of ether oxygens (including phenoxy) is 3. The maximum Gasteiger partial charge on any atom is 0.274 e. The van der Waals surface area contributed by atoms with E-state index in [1.54, 1.807) is 18.2 Å². The number of halogens is 1. The summed E-state index contributed by atoms with van der Waals surface area (Å²) in [5.74, 6) is 0.598. The van der Waals surface area contributed by atoms with E-state index in [0.717, 1.165) is 0 Å². The van der Waals surface area contributed by atoms with Crippen molar-refractivity contribution in [1.29, 1.82) is 0 Å². The summed E-state index contributed by atoms with van der Waals surface area (Å²) in [6, 6.07) is 10.4. The molecular formula is C20H19FN4O4. The average Bonchev–Trinajstić information content (AvgIpc) is 2.73. The lowest BCUT2D eigenvalue weighted by Crippen LogP contribution is -2.14. The number of anilines is 3. The lowest BCUT2D eigenvalue weighted by Gasteiger charge is -2.14. The second kappa shape index (κ2) is 8.87. The molecular weight excluding hydrogens is 379 g/mol. The maximum absolute atomic E-state index is 13.3. The Morgan fingerprint density at radius 2 is 1.69 bits per heavy atom. The van der Waals surface area contributed by atoms with Gasteiger partial charge >= 0.3 is 0 Å². The molecule has 9 heteroatoms. The van der Waals surface area contributed by atoms with E-state index in [1.807, 2.05) is 0 Å². The van der Waals surface area contributed by atoms with Crippen molar-refractivity contribution in [2.24, 2.45) is 0 Å². The monoisotopic (exact) mass is 398 g/mol. The van der Waals surface area contributed by atoms with E-state index in [1.165, 1.54) is 51.8 Å². The molecule has 29 heavy (non-hydrogen) atoms. The molecule has 0 unspecified atom stereocenters. The lowest BCUT2D eigenvalue weighted by atomic mass is 10.2. The molecule has 0 aliphatic carbocycles. The third-order valence-corrected chi connectivity index (χ3v) is 3.89. The van der Waals surface area contributed by atoms with Gasteiger partial charge in [0.1, 0.15) is 11.5 Å². The van der Waals surface area contributed by atoms with Gasteiger partial charge in [0.05, 0.1) is 21.3 Å². The van der Waals surface area contributed by atoms with Gasteiger partial charge < -0.3 is 24.8 Å². The van der Waals surface area contributed by atoms with Gasteiger partial charge in [0.25, 0.3) is 5.91 Å². The van der Waals surface area contributed by atoms with E-state index < -0.39 is 11.7 Å². The molecule has 0 bridgehead atoms. The summed E-state index contributed by atoms with van der Waals surface area (Å²) >= 11 is 0. The smallest absolute Gasteiger partial charge is 0.274 e. The highest BCUT2D eigenvalue weighted by atomic mass is 19.1. The molecule has 0 aliphatic rings. The number of nitrogens with zero attached hydrogens (tertiary/aromatic N) is 2. The highest BCUT2D eigenvalue weighted by molar-refractivity contribution is 6.03. The first-order valence-corrected chi connectivity index (χ1v) is 8.51. The minimum absolute atomic E-state index is 0.110. The first kappa shape index (κ1) is 19.9. The lowest BCUT2D eigenvalue weighted by molar-refractivity contribution is 0.102. The molecule has 150 valence electrons. The van der Waals surface area contributed by atoms with Crippen LogP contribution in [0, 0.1) is 5.82 Å². The van der Waals surface area contributed by atoms with Gasteiger partial charge in [-0.3, -0.25) is 4.79 Å². The Hall–Kier alpha value is -3.88. The van der Waals surface area contributed by atoms with Gasteiger partial charge in [0.2, 0.25) is 11.7 Å². The molecule has 0 saturated carbocycles. The average molecular weight is 398 g/mol. The fourth-order valence-corrected chi connectivity index (χ4v) is 2.59. The predicted molar refractivity (Wildman–Crippen MR) is 106 cm³/mol. The number of carbonyl (C=O) groups is 1. The van der Waals surface area contributed by atoms with Crippen molar-refractivity contribution in [1.82, 2.24) is 9.97 Å². The van der Waals surface area contributed by atoms with E-state index >= 15 is 0 Å². The molecule has 8 nitrogen and oxygen atoms in total. The summed E-state index contributed by atoms with van der Waals surface area (Å²) in [5.41, 5.74) is 1.01. The molecule has 3 aromatic rings. The van der Waals surface area contributed by atoms with Crippen LogP contribution in [0.15, 0.2) is 48.7 Å². The van der Waals surface area contributed by atoms with Crippen LogP contribution in [0.5, 0.6) is 17.2 Å². The highest BCUT2D eigenvalue weighted by Crippen LogP contribution is 2.40. The molecule has 0 aliphatic heterocycles. The van der Waals surface area contributed by atoms with Crippen molar-refractivity contribution in [3.8, 4) is 17.2 Å². The Labute approximate surface area is 166 Å². The van der Waals surface area contributed by atoms with E-state index in [2.05, 4.69) is 20.6 Å².